The van der Waals surface area contributed by atoms with Gasteiger partial charge in [0.05, 0.1) is 11.6 Å². The van der Waals surface area contributed by atoms with Crippen LogP contribution in [0.25, 0.3) is 0 Å². The molecule has 1 aliphatic rings. The zero-order chi connectivity index (χ0) is 21.3. The van der Waals surface area contributed by atoms with Crippen LogP contribution in [0.3, 0.4) is 0 Å². The quantitative estimate of drug-likeness (QED) is 0.653. The van der Waals surface area contributed by atoms with E-state index in [9.17, 15) is 22.4 Å². The van der Waals surface area contributed by atoms with E-state index in [0.29, 0.717) is 17.7 Å². The molecule has 0 unspecified atom stereocenters. The van der Waals surface area contributed by atoms with E-state index in [2.05, 4.69) is 9.97 Å². The number of alkyl halides is 3. The van der Waals surface area contributed by atoms with Crippen molar-refractivity contribution in [3.05, 3.63) is 53.2 Å². The fourth-order valence-electron chi connectivity index (χ4n) is 3.30. The molecule has 1 aliphatic heterocycles. The monoisotopic (exact) mass is 411 g/mol. The number of hydrogen-bond acceptors (Lipinski definition) is 4. The Morgan fingerprint density at radius 2 is 1.97 bits per heavy atom. The van der Waals surface area contributed by atoms with Crippen molar-refractivity contribution < 1.29 is 27.1 Å². The molecule has 0 spiro atoms. The molecule has 0 saturated carbocycles. The highest BCUT2D eigenvalue weighted by molar-refractivity contribution is 5.89. The van der Waals surface area contributed by atoms with E-state index in [1.165, 1.54) is 11.1 Å². The van der Waals surface area contributed by atoms with E-state index in [4.69, 9.17) is 4.74 Å². The van der Waals surface area contributed by atoms with Gasteiger partial charge >= 0.3 is 12.3 Å². The van der Waals surface area contributed by atoms with Gasteiger partial charge in [0.25, 0.3) is 0 Å². The summed E-state index contributed by atoms with van der Waals surface area (Å²) in [4.78, 5) is 22.1. The molecule has 0 N–H and O–H groups in total. The lowest BCUT2D eigenvalue weighted by Crippen LogP contribution is -2.37. The van der Waals surface area contributed by atoms with Gasteiger partial charge in [0, 0.05) is 12.6 Å². The molecular weight excluding hydrogens is 390 g/mol. The first-order valence-corrected chi connectivity index (χ1v) is 9.22. The molecule has 2 heterocycles. The molecule has 1 amide bonds. The molecule has 1 aromatic carbocycles. The number of benzene rings is 1. The number of aromatic nitrogens is 2. The van der Waals surface area contributed by atoms with Crippen LogP contribution in [0.4, 0.5) is 28.2 Å². The topological polar surface area (TPSA) is 55.3 Å². The second-order valence-corrected chi connectivity index (χ2v) is 7.43. The number of nitrogens with zero attached hydrogens (tertiary/aromatic N) is 3. The third-order valence-electron chi connectivity index (χ3n) is 4.96. The van der Waals surface area contributed by atoms with Gasteiger partial charge in [-0.25, -0.2) is 19.2 Å². The number of amides is 1. The maximum Gasteiger partial charge on any atom is 0.416 e. The van der Waals surface area contributed by atoms with Gasteiger partial charge in [0.15, 0.2) is 0 Å². The van der Waals surface area contributed by atoms with Gasteiger partial charge in [-0.05, 0) is 35.6 Å². The van der Waals surface area contributed by atoms with Gasteiger partial charge in [0.2, 0.25) is 0 Å². The van der Waals surface area contributed by atoms with Crippen LogP contribution in [-0.2, 0) is 17.3 Å². The molecule has 1 aromatic heterocycles. The van der Waals surface area contributed by atoms with E-state index in [1.54, 1.807) is 13.0 Å². The van der Waals surface area contributed by atoms with Crippen LogP contribution in [0, 0.1) is 11.7 Å². The summed E-state index contributed by atoms with van der Waals surface area (Å²) < 4.78 is 57.6. The van der Waals surface area contributed by atoms with Gasteiger partial charge in [-0.2, -0.15) is 13.2 Å². The maximum absolute atomic E-state index is 14.2. The summed E-state index contributed by atoms with van der Waals surface area (Å²) in [6.45, 7) is 5.89. The van der Waals surface area contributed by atoms with E-state index >= 15 is 0 Å². The number of cyclic esters (lactones) is 1. The summed E-state index contributed by atoms with van der Waals surface area (Å²) in [7, 11) is 0. The zero-order valence-electron chi connectivity index (χ0n) is 16.2. The number of carbonyl (C=O) groups is 1. The van der Waals surface area contributed by atoms with Gasteiger partial charge < -0.3 is 4.74 Å². The lowest BCUT2D eigenvalue weighted by Gasteiger charge is -2.23. The fraction of sp³-hybridized carbons (Fsp3) is 0.450. The number of ether oxygens (including phenoxy) is 1. The number of carbonyl (C=O) groups excluding carboxylic acids is 1. The Balaban J connectivity index is 1.81. The first-order chi connectivity index (χ1) is 13.6. The average molecular weight is 411 g/mol. The Morgan fingerprint density at radius 3 is 2.59 bits per heavy atom. The molecule has 1 fully saturated rings. The number of anilines is 1. The summed E-state index contributed by atoms with van der Waals surface area (Å²) in [5.74, 6) is -0.488. The summed E-state index contributed by atoms with van der Waals surface area (Å²) in [6.07, 6.45) is -3.39. The van der Waals surface area contributed by atoms with Crippen molar-refractivity contribution in [2.75, 3.05) is 11.5 Å². The van der Waals surface area contributed by atoms with Gasteiger partial charge in [-0.15, -0.1) is 0 Å². The molecule has 0 aliphatic carbocycles. The second kappa shape index (κ2) is 7.96. The lowest BCUT2D eigenvalue weighted by molar-refractivity contribution is -0.137. The van der Waals surface area contributed by atoms with Crippen molar-refractivity contribution in [2.24, 2.45) is 5.92 Å². The van der Waals surface area contributed by atoms with Crippen LogP contribution in [-0.4, -0.2) is 28.7 Å². The minimum Gasteiger partial charge on any atom is -0.447 e. The molecule has 0 radical (unpaired) electrons. The zero-order valence-corrected chi connectivity index (χ0v) is 16.2. The predicted octanol–water partition coefficient (Wildman–Crippen LogP) is 4.96. The Labute approximate surface area is 165 Å². The van der Waals surface area contributed by atoms with E-state index in [-0.39, 0.29) is 30.6 Å². The van der Waals surface area contributed by atoms with Crippen LogP contribution in [0.5, 0.6) is 0 Å². The van der Waals surface area contributed by atoms with Crippen LogP contribution >= 0.6 is 0 Å². The number of halogens is 4. The van der Waals surface area contributed by atoms with Crippen molar-refractivity contribution in [3.63, 3.8) is 0 Å². The molecule has 2 atom stereocenters. The maximum atomic E-state index is 14.2. The SMILES string of the molecule is CC(C)[C@H]1COC(=O)N1c1ccnc(C[C@@H](C)c2ccc(C(F)(F)F)cc2F)n1. The minimum absolute atomic E-state index is 0.146. The van der Waals surface area contributed by atoms with Gasteiger partial charge in [0.1, 0.15) is 24.1 Å². The average Bonchev–Trinajstić information content (AvgIpc) is 3.02. The predicted molar refractivity (Wildman–Crippen MR) is 98.0 cm³/mol. The number of rotatable bonds is 5. The van der Waals surface area contributed by atoms with Crippen LogP contribution in [0.15, 0.2) is 30.5 Å². The molecule has 5 nitrogen and oxygen atoms in total. The van der Waals surface area contributed by atoms with Crippen molar-refractivity contribution in [2.45, 2.75) is 45.3 Å². The molecular formula is C20H21F4N3O2. The molecule has 156 valence electrons. The second-order valence-electron chi connectivity index (χ2n) is 7.43. The summed E-state index contributed by atoms with van der Waals surface area (Å²) in [5.41, 5.74) is -0.885. The van der Waals surface area contributed by atoms with Crippen molar-refractivity contribution >= 4 is 11.9 Å². The third kappa shape index (κ3) is 4.49. The van der Waals surface area contributed by atoms with Crippen LogP contribution < -0.4 is 4.90 Å². The highest BCUT2D eigenvalue weighted by atomic mass is 19.4. The van der Waals surface area contributed by atoms with Crippen molar-refractivity contribution in [1.29, 1.82) is 0 Å². The summed E-state index contributed by atoms with van der Waals surface area (Å²) in [5, 5.41) is 0. The van der Waals surface area contributed by atoms with Crippen LogP contribution in [0.1, 0.15) is 43.6 Å². The number of hydrogen-bond donors (Lipinski definition) is 0. The molecule has 0 bridgehead atoms. The fourth-order valence-corrected chi connectivity index (χ4v) is 3.30. The Bertz CT molecular complexity index is 902. The largest absolute Gasteiger partial charge is 0.447 e. The molecule has 9 heteroatoms. The highest BCUT2D eigenvalue weighted by Crippen LogP contribution is 2.32. The highest BCUT2D eigenvalue weighted by Gasteiger charge is 2.37. The van der Waals surface area contributed by atoms with Crippen LogP contribution in [0.2, 0.25) is 0 Å². The first kappa shape index (κ1) is 21.0. The van der Waals surface area contributed by atoms with E-state index in [1.807, 2.05) is 13.8 Å². The third-order valence-corrected chi connectivity index (χ3v) is 4.96. The van der Waals surface area contributed by atoms with Crippen molar-refractivity contribution in [1.82, 2.24) is 9.97 Å². The van der Waals surface area contributed by atoms with Gasteiger partial charge in [-0.3, -0.25) is 4.90 Å². The Hall–Kier alpha value is -2.71. The minimum atomic E-state index is -4.60. The smallest absolute Gasteiger partial charge is 0.416 e. The van der Waals surface area contributed by atoms with Gasteiger partial charge in [-0.1, -0.05) is 26.8 Å². The molecule has 29 heavy (non-hydrogen) atoms. The summed E-state index contributed by atoms with van der Waals surface area (Å²) >= 11 is 0. The molecule has 3 rings (SSSR count). The van der Waals surface area contributed by atoms with Crippen molar-refractivity contribution in [3.8, 4) is 0 Å². The Kier molecular flexibility index (Phi) is 5.77. The molecule has 2 aromatic rings. The lowest BCUT2D eigenvalue weighted by atomic mass is 9.95. The first-order valence-electron chi connectivity index (χ1n) is 9.22. The van der Waals surface area contributed by atoms with E-state index in [0.717, 1.165) is 12.1 Å². The molecule has 1 saturated heterocycles. The normalized spacial score (nSPS) is 18.3. The summed E-state index contributed by atoms with van der Waals surface area (Å²) in [6, 6.07) is 3.93. The standard InChI is InChI=1S/C20H21F4N3O2/c1-11(2)16-10-29-19(28)27(16)18-6-7-25-17(26-18)8-12(3)14-5-4-13(9-15(14)21)20(22,23)24/h4-7,9,11-12,16H,8,10H2,1-3H3/t12-,16-/m1/s1. The Morgan fingerprint density at radius 1 is 1.24 bits per heavy atom. The van der Waals surface area contributed by atoms with E-state index < -0.39 is 29.6 Å².